The topological polar surface area (TPSA) is 46.2 Å². The SMILES string of the molecule is O=S1(=O)CCNc2c(Br)cccc21. The molecule has 0 saturated heterocycles. The second kappa shape index (κ2) is 2.99. The molecule has 0 atom stereocenters. The Balaban J connectivity index is 2.73. The zero-order chi connectivity index (χ0) is 9.47. The van der Waals surface area contributed by atoms with Crippen molar-refractivity contribution in [2.45, 2.75) is 4.90 Å². The van der Waals surface area contributed by atoms with E-state index >= 15 is 0 Å². The van der Waals surface area contributed by atoms with Crippen LogP contribution in [-0.4, -0.2) is 20.7 Å². The lowest BCUT2D eigenvalue weighted by atomic mass is 10.3. The van der Waals surface area contributed by atoms with E-state index in [0.717, 1.165) is 4.47 Å². The molecule has 2 rings (SSSR count). The van der Waals surface area contributed by atoms with Crippen LogP contribution in [0.2, 0.25) is 0 Å². The van der Waals surface area contributed by atoms with Crippen molar-refractivity contribution in [3.8, 4) is 0 Å². The van der Waals surface area contributed by atoms with Gasteiger partial charge in [-0.25, -0.2) is 8.42 Å². The first-order chi connectivity index (χ1) is 6.11. The summed E-state index contributed by atoms with van der Waals surface area (Å²) in [6.45, 7) is 0.484. The molecule has 5 heteroatoms. The second-order valence-corrected chi connectivity index (χ2v) is 5.79. The summed E-state index contributed by atoms with van der Waals surface area (Å²) in [5.74, 6) is 0.177. The fourth-order valence-corrected chi connectivity index (χ4v) is 3.36. The van der Waals surface area contributed by atoms with Gasteiger partial charge in [-0.2, -0.15) is 0 Å². The van der Waals surface area contributed by atoms with E-state index in [-0.39, 0.29) is 5.75 Å². The highest BCUT2D eigenvalue weighted by atomic mass is 79.9. The van der Waals surface area contributed by atoms with E-state index in [9.17, 15) is 8.42 Å². The van der Waals surface area contributed by atoms with Gasteiger partial charge in [0.25, 0.3) is 0 Å². The van der Waals surface area contributed by atoms with Crippen molar-refractivity contribution in [2.24, 2.45) is 0 Å². The monoisotopic (exact) mass is 261 g/mol. The maximum absolute atomic E-state index is 11.6. The van der Waals surface area contributed by atoms with Crippen LogP contribution in [0.3, 0.4) is 0 Å². The molecule has 1 N–H and O–H groups in total. The van der Waals surface area contributed by atoms with Crippen molar-refractivity contribution in [2.75, 3.05) is 17.6 Å². The molecule has 0 unspecified atom stereocenters. The summed E-state index contributed by atoms with van der Waals surface area (Å²) in [6.07, 6.45) is 0. The highest BCUT2D eigenvalue weighted by Gasteiger charge is 2.24. The van der Waals surface area contributed by atoms with E-state index in [4.69, 9.17) is 0 Å². The minimum absolute atomic E-state index is 0.177. The molecule has 0 aliphatic carbocycles. The van der Waals surface area contributed by atoms with Gasteiger partial charge >= 0.3 is 0 Å². The Labute approximate surface area is 85.2 Å². The molecule has 1 aromatic rings. The van der Waals surface area contributed by atoms with Crippen molar-refractivity contribution in [3.63, 3.8) is 0 Å². The van der Waals surface area contributed by atoms with Gasteiger partial charge in [0.1, 0.15) is 0 Å². The normalized spacial score (nSPS) is 18.8. The number of hydrogen-bond acceptors (Lipinski definition) is 3. The lowest BCUT2D eigenvalue weighted by Gasteiger charge is -2.19. The molecule has 0 amide bonds. The molecule has 0 radical (unpaired) electrons. The van der Waals surface area contributed by atoms with E-state index in [2.05, 4.69) is 21.2 Å². The maximum atomic E-state index is 11.6. The quantitative estimate of drug-likeness (QED) is 0.773. The van der Waals surface area contributed by atoms with Crippen molar-refractivity contribution >= 4 is 31.5 Å². The predicted molar refractivity (Wildman–Crippen MR) is 54.7 cm³/mol. The van der Waals surface area contributed by atoms with Gasteiger partial charge in [-0.3, -0.25) is 0 Å². The smallest absolute Gasteiger partial charge is 0.182 e. The molecule has 70 valence electrons. The zero-order valence-electron chi connectivity index (χ0n) is 6.75. The van der Waals surface area contributed by atoms with E-state index in [1.165, 1.54) is 0 Å². The molecule has 0 fully saturated rings. The third kappa shape index (κ3) is 1.46. The van der Waals surface area contributed by atoms with Crippen LogP contribution < -0.4 is 5.32 Å². The van der Waals surface area contributed by atoms with Gasteiger partial charge in [0, 0.05) is 11.0 Å². The number of rotatable bonds is 0. The average Bonchev–Trinajstić information content (AvgIpc) is 2.06. The minimum atomic E-state index is -3.06. The molecule has 1 aliphatic rings. The largest absolute Gasteiger partial charge is 0.382 e. The summed E-state index contributed by atoms with van der Waals surface area (Å²) in [6, 6.07) is 5.18. The second-order valence-electron chi connectivity index (χ2n) is 2.86. The minimum Gasteiger partial charge on any atom is -0.382 e. The molecule has 1 heterocycles. The fraction of sp³-hybridized carbons (Fsp3) is 0.250. The van der Waals surface area contributed by atoms with Crippen LogP contribution in [0.4, 0.5) is 5.69 Å². The first kappa shape index (κ1) is 9.02. The lowest BCUT2D eigenvalue weighted by Crippen LogP contribution is -2.23. The Morgan fingerprint density at radius 2 is 2.15 bits per heavy atom. The first-order valence-corrected chi connectivity index (χ1v) is 6.31. The summed E-state index contributed by atoms with van der Waals surface area (Å²) in [4.78, 5) is 0.396. The van der Waals surface area contributed by atoms with E-state index in [1.807, 2.05) is 6.07 Å². The number of anilines is 1. The van der Waals surface area contributed by atoms with Gasteiger partial charge in [-0.1, -0.05) is 6.07 Å². The van der Waals surface area contributed by atoms with Crippen LogP contribution in [0.1, 0.15) is 0 Å². The van der Waals surface area contributed by atoms with Crippen LogP contribution in [0.25, 0.3) is 0 Å². The average molecular weight is 262 g/mol. The van der Waals surface area contributed by atoms with Crippen LogP contribution in [0, 0.1) is 0 Å². The van der Waals surface area contributed by atoms with Crippen molar-refractivity contribution in [3.05, 3.63) is 22.7 Å². The molecule has 1 aliphatic heterocycles. The highest BCUT2D eigenvalue weighted by Crippen LogP contribution is 2.32. The number of benzene rings is 1. The van der Waals surface area contributed by atoms with Crippen LogP contribution in [0.5, 0.6) is 0 Å². The molecule has 1 aromatic carbocycles. The first-order valence-electron chi connectivity index (χ1n) is 3.86. The number of para-hydroxylation sites is 1. The number of nitrogens with one attached hydrogen (secondary N) is 1. The molecule has 3 nitrogen and oxygen atoms in total. The van der Waals surface area contributed by atoms with Gasteiger partial charge in [-0.15, -0.1) is 0 Å². The standard InChI is InChI=1S/C8H8BrNO2S/c9-6-2-1-3-7-8(6)10-4-5-13(7,11)12/h1-3,10H,4-5H2. The molecular weight excluding hydrogens is 254 g/mol. The molecule has 0 bridgehead atoms. The van der Waals surface area contributed by atoms with Gasteiger partial charge in [0.2, 0.25) is 0 Å². The number of hydrogen-bond donors (Lipinski definition) is 1. The number of halogens is 1. The molecule has 0 aromatic heterocycles. The predicted octanol–water partition coefficient (Wildman–Crippen LogP) is 1.65. The molecule has 13 heavy (non-hydrogen) atoms. The van der Waals surface area contributed by atoms with Crippen LogP contribution in [0.15, 0.2) is 27.6 Å². The Morgan fingerprint density at radius 1 is 1.38 bits per heavy atom. The Bertz CT molecular complexity index is 441. The lowest BCUT2D eigenvalue weighted by molar-refractivity contribution is 0.594. The van der Waals surface area contributed by atoms with Crippen molar-refractivity contribution in [1.82, 2.24) is 0 Å². The summed E-state index contributed by atoms with van der Waals surface area (Å²) in [7, 11) is -3.06. The van der Waals surface area contributed by atoms with Gasteiger partial charge in [-0.05, 0) is 28.1 Å². The van der Waals surface area contributed by atoms with Crippen molar-refractivity contribution in [1.29, 1.82) is 0 Å². The summed E-state index contributed by atoms with van der Waals surface area (Å²) >= 11 is 3.31. The van der Waals surface area contributed by atoms with Gasteiger partial charge in [0.05, 0.1) is 16.3 Å². The number of fused-ring (bicyclic) bond motifs is 1. The fourth-order valence-electron chi connectivity index (χ4n) is 1.36. The van der Waals surface area contributed by atoms with Crippen LogP contribution in [-0.2, 0) is 9.84 Å². The zero-order valence-corrected chi connectivity index (χ0v) is 9.15. The summed E-state index contributed by atoms with van der Waals surface area (Å²) in [5, 5.41) is 3.06. The summed E-state index contributed by atoms with van der Waals surface area (Å²) < 4.78 is 23.9. The summed E-state index contributed by atoms with van der Waals surface area (Å²) in [5.41, 5.74) is 0.689. The highest BCUT2D eigenvalue weighted by molar-refractivity contribution is 9.10. The van der Waals surface area contributed by atoms with Gasteiger partial charge in [0.15, 0.2) is 9.84 Å². The van der Waals surface area contributed by atoms with Crippen molar-refractivity contribution < 1.29 is 8.42 Å². The third-order valence-electron chi connectivity index (χ3n) is 1.98. The Kier molecular flexibility index (Phi) is 2.08. The van der Waals surface area contributed by atoms with Crippen LogP contribution >= 0.6 is 15.9 Å². The van der Waals surface area contributed by atoms with E-state index in [0.29, 0.717) is 17.1 Å². The van der Waals surface area contributed by atoms with E-state index < -0.39 is 9.84 Å². The Morgan fingerprint density at radius 3 is 2.85 bits per heavy atom. The maximum Gasteiger partial charge on any atom is 0.182 e. The molecule has 0 saturated carbocycles. The molecule has 0 spiro atoms. The van der Waals surface area contributed by atoms with Gasteiger partial charge < -0.3 is 5.32 Å². The number of sulfone groups is 1. The molecular formula is C8H8BrNO2S. The van der Waals surface area contributed by atoms with E-state index in [1.54, 1.807) is 12.1 Å². The Hall–Kier alpha value is -0.550. The third-order valence-corrected chi connectivity index (χ3v) is 4.40.